The van der Waals surface area contributed by atoms with Crippen molar-refractivity contribution in [2.24, 2.45) is 5.73 Å². The number of nitrogens with two attached hydrogens (primary N) is 1. The largest absolute Gasteiger partial charge is 0.369 e. The molecule has 2 aliphatic heterocycles. The third-order valence-corrected chi connectivity index (χ3v) is 3.46. The van der Waals surface area contributed by atoms with E-state index in [-0.39, 0.29) is 11.4 Å². The molecule has 13 heavy (non-hydrogen) atoms. The Morgan fingerprint density at radius 1 is 1.77 bits per heavy atom. The van der Waals surface area contributed by atoms with Gasteiger partial charge in [-0.2, -0.15) is 0 Å². The zero-order valence-corrected chi connectivity index (χ0v) is 8.05. The van der Waals surface area contributed by atoms with Crippen LogP contribution >= 0.6 is 0 Å². The highest BCUT2D eigenvalue weighted by molar-refractivity contribution is 5.76. The van der Waals surface area contributed by atoms with E-state index in [4.69, 9.17) is 5.73 Å². The van der Waals surface area contributed by atoms with Gasteiger partial charge in [0.05, 0.1) is 6.54 Å². The number of carbonyl (C=O) groups excluding carboxylic acids is 1. The van der Waals surface area contributed by atoms with E-state index in [9.17, 15) is 4.79 Å². The molecule has 2 rings (SSSR count). The molecule has 4 heteroatoms. The predicted molar refractivity (Wildman–Crippen MR) is 50.2 cm³/mol. The number of likely N-dealkylation sites (tertiary alicyclic amines) is 1. The Kier molecular flexibility index (Phi) is 2.04. The Morgan fingerprint density at radius 2 is 2.54 bits per heavy atom. The molecule has 1 amide bonds. The van der Waals surface area contributed by atoms with Crippen molar-refractivity contribution in [1.29, 1.82) is 0 Å². The average molecular weight is 183 g/mol. The summed E-state index contributed by atoms with van der Waals surface area (Å²) in [5, 5.41) is 3.46. The monoisotopic (exact) mass is 183 g/mol. The number of amides is 1. The first-order valence-corrected chi connectivity index (χ1v) is 4.93. The summed E-state index contributed by atoms with van der Waals surface area (Å²) in [6.07, 6.45) is 2.28. The van der Waals surface area contributed by atoms with Gasteiger partial charge in [-0.15, -0.1) is 0 Å². The van der Waals surface area contributed by atoms with Crippen LogP contribution in [0.5, 0.6) is 0 Å². The molecule has 4 nitrogen and oxygen atoms in total. The van der Waals surface area contributed by atoms with Crippen molar-refractivity contribution >= 4 is 5.91 Å². The van der Waals surface area contributed by atoms with Gasteiger partial charge in [0, 0.05) is 24.7 Å². The van der Waals surface area contributed by atoms with Gasteiger partial charge in [0.15, 0.2) is 0 Å². The zero-order chi connectivity index (χ0) is 9.47. The fourth-order valence-electron chi connectivity index (χ4n) is 2.68. The van der Waals surface area contributed by atoms with Crippen LogP contribution in [0.4, 0.5) is 0 Å². The molecule has 0 aromatic carbocycles. The lowest BCUT2D eigenvalue weighted by atomic mass is 9.95. The normalized spacial score (nSPS) is 38.4. The fraction of sp³-hybridized carbons (Fsp3) is 0.889. The maximum atomic E-state index is 10.8. The second kappa shape index (κ2) is 2.96. The van der Waals surface area contributed by atoms with Crippen LogP contribution in [-0.2, 0) is 4.79 Å². The number of fused-ring (bicyclic) bond motifs is 2. The second-order valence-electron chi connectivity index (χ2n) is 4.21. The summed E-state index contributed by atoms with van der Waals surface area (Å²) in [4.78, 5) is 13.1. The van der Waals surface area contributed by atoms with Gasteiger partial charge in [0.25, 0.3) is 0 Å². The Bertz CT molecular complexity index is 231. The van der Waals surface area contributed by atoms with E-state index in [1.54, 1.807) is 0 Å². The molecule has 0 spiro atoms. The average Bonchev–Trinajstić information content (AvgIpc) is 2.60. The highest BCUT2D eigenvalue weighted by atomic mass is 16.1. The summed E-state index contributed by atoms with van der Waals surface area (Å²) in [6, 6.07) is 0.583. The summed E-state index contributed by atoms with van der Waals surface area (Å²) < 4.78 is 0. The van der Waals surface area contributed by atoms with Gasteiger partial charge in [-0.3, -0.25) is 9.69 Å². The number of hydrogen-bond acceptors (Lipinski definition) is 3. The van der Waals surface area contributed by atoms with Gasteiger partial charge in [-0.25, -0.2) is 0 Å². The van der Waals surface area contributed by atoms with Crippen LogP contribution in [0, 0.1) is 0 Å². The third kappa shape index (κ3) is 1.34. The molecule has 2 fully saturated rings. The SMILES string of the molecule is CCC12CNC(CN1CC(N)=O)C2. The minimum Gasteiger partial charge on any atom is -0.369 e. The second-order valence-corrected chi connectivity index (χ2v) is 4.21. The number of carbonyl (C=O) groups is 1. The highest BCUT2D eigenvalue weighted by Gasteiger charge is 2.49. The van der Waals surface area contributed by atoms with Crippen LogP contribution < -0.4 is 11.1 Å². The smallest absolute Gasteiger partial charge is 0.231 e. The van der Waals surface area contributed by atoms with Gasteiger partial charge in [0.2, 0.25) is 5.91 Å². The lowest BCUT2D eigenvalue weighted by Crippen LogP contribution is -2.54. The molecule has 2 atom stereocenters. The third-order valence-electron chi connectivity index (χ3n) is 3.46. The van der Waals surface area contributed by atoms with Crippen LogP contribution in [0.25, 0.3) is 0 Å². The van der Waals surface area contributed by atoms with Crippen molar-refractivity contribution in [3.63, 3.8) is 0 Å². The van der Waals surface area contributed by atoms with E-state index in [0.717, 1.165) is 19.5 Å². The van der Waals surface area contributed by atoms with Crippen LogP contribution in [0.15, 0.2) is 0 Å². The molecular weight excluding hydrogens is 166 g/mol. The van der Waals surface area contributed by atoms with E-state index in [1.807, 2.05) is 0 Å². The summed E-state index contributed by atoms with van der Waals surface area (Å²) in [5.41, 5.74) is 5.44. The van der Waals surface area contributed by atoms with Crippen molar-refractivity contribution in [3.8, 4) is 0 Å². The number of hydrogen-bond donors (Lipinski definition) is 2. The van der Waals surface area contributed by atoms with Crippen LogP contribution in [0.2, 0.25) is 0 Å². The van der Waals surface area contributed by atoms with Crippen molar-refractivity contribution in [3.05, 3.63) is 0 Å². The molecule has 2 heterocycles. The van der Waals surface area contributed by atoms with E-state index < -0.39 is 0 Å². The van der Waals surface area contributed by atoms with Crippen molar-refractivity contribution < 1.29 is 4.79 Å². The Balaban J connectivity index is 2.08. The quantitative estimate of drug-likeness (QED) is 0.608. The summed E-state index contributed by atoms with van der Waals surface area (Å²) >= 11 is 0. The molecule has 0 saturated carbocycles. The molecule has 2 bridgehead atoms. The number of rotatable bonds is 3. The molecule has 0 aromatic rings. The lowest BCUT2D eigenvalue weighted by Gasteiger charge is -2.37. The van der Waals surface area contributed by atoms with Gasteiger partial charge in [-0.1, -0.05) is 6.92 Å². The Morgan fingerprint density at radius 3 is 3.08 bits per heavy atom. The molecule has 74 valence electrons. The molecule has 2 saturated heterocycles. The minimum atomic E-state index is -0.208. The molecule has 0 radical (unpaired) electrons. The molecular formula is C9H17N3O. The first-order valence-electron chi connectivity index (χ1n) is 4.93. The predicted octanol–water partition coefficient (Wildman–Crippen LogP) is -0.702. The number of nitrogens with one attached hydrogen (secondary N) is 1. The van der Waals surface area contributed by atoms with Crippen LogP contribution in [-0.4, -0.2) is 42.0 Å². The maximum absolute atomic E-state index is 10.8. The Hall–Kier alpha value is -0.610. The number of primary amides is 1. The molecule has 0 aliphatic carbocycles. The van der Waals surface area contributed by atoms with E-state index >= 15 is 0 Å². The molecule has 2 aliphatic rings. The lowest BCUT2D eigenvalue weighted by molar-refractivity contribution is -0.120. The van der Waals surface area contributed by atoms with Gasteiger partial charge in [0.1, 0.15) is 0 Å². The molecule has 0 aromatic heterocycles. The molecule has 3 N–H and O–H groups in total. The van der Waals surface area contributed by atoms with Crippen molar-refractivity contribution in [2.75, 3.05) is 19.6 Å². The van der Waals surface area contributed by atoms with Gasteiger partial charge in [-0.05, 0) is 12.8 Å². The Labute approximate surface area is 78.5 Å². The van der Waals surface area contributed by atoms with Crippen molar-refractivity contribution in [2.45, 2.75) is 31.3 Å². The van der Waals surface area contributed by atoms with Gasteiger partial charge < -0.3 is 11.1 Å². The summed E-state index contributed by atoms with van der Waals surface area (Å²) in [7, 11) is 0. The summed E-state index contributed by atoms with van der Waals surface area (Å²) in [6.45, 7) is 4.60. The van der Waals surface area contributed by atoms with Crippen LogP contribution in [0.3, 0.4) is 0 Å². The molecule has 2 unspecified atom stereocenters. The fourth-order valence-corrected chi connectivity index (χ4v) is 2.68. The first-order chi connectivity index (χ1) is 6.16. The summed E-state index contributed by atoms with van der Waals surface area (Å²) in [5.74, 6) is -0.208. The van der Waals surface area contributed by atoms with E-state index in [1.165, 1.54) is 6.42 Å². The number of nitrogens with zero attached hydrogens (tertiary/aromatic N) is 1. The highest BCUT2D eigenvalue weighted by Crippen LogP contribution is 2.36. The number of piperazine rings is 1. The maximum Gasteiger partial charge on any atom is 0.231 e. The standard InChI is InChI=1S/C9H17N3O/c1-2-9-3-7(11-6-9)4-12(9)5-8(10)13/h7,11H,2-6H2,1H3,(H2,10,13). The van der Waals surface area contributed by atoms with Crippen molar-refractivity contribution in [1.82, 2.24) is 10.2 Å². The van der Waals surface area contributed by atoms with E-state index in [2.05, 4.69) is 17.1 Å². The van der Waals surface area contributed by atoms with E-state index in [0.29, 0.717) is 12.6 Å². The zero-order valence-electron chi connectivity index (χ0n) is 8.05. The topological polar surface area (TPSA) is 58.4 Å². The van der Waals surface area contributed by atoms with Gasteiger partial charge >= 0.3 is 0 Å². The minimum absolute atomic E-state index is 0.208. The first kappa shape index (κ1) is 8.97. The van der Waals surface area contributed by atoms with Crippen LogP contribution in [0.1, 0.15) is 19.8 Å².